The van der Waals surface area contributed by atoms with Crippen molar-refractivity contribution in [3.8, 4) is 28.5 Å². The van der Waals surface area contributed by atoms with E-state index >= 15 is 0 Å². The van der Waals surface area contributed by atoms with E-state index < -0.39 is 17.4 Å². The number of fused-ring (bicyclic) bond motifs is 2. The number of pyridine rings is 1. The molecule has 0 saturated carbocycles. The van der Waals surface area contributed by atoms with Gasteiger partial charge in [-0.3, -0.25) is 19.2 Å². The minimum atomic E-state index is -0.497. The molecule has 4 atom stereocenters. The number of carbonyl (C=O) groups is 3. The zero-order valence-electron chi connectivity index (χ0n) is 32.1. The molecule has 4 aromatic carbocycles. The Balaban J connectivity index is 0.971. The first kappa shape index (κ1) is 37.4. The van der Waals surface area contributed by atoms with Gasteiger partial charge in [0, 0.05) is 34.7 Å². The van der Waals surface area contributed by atoms with Crippen LogP contribution in [0, 0.1) is 5.92 Å². The smallest absolute Gasteiger partial charge is 0.285 e. The lowest BCUT2D eigenvalue weighted by atomic mass is 9.78. The fraction of sp³-hybridized carbons (Fsp3) is 0.244. The summed E-state index contributed by atoms with van der Waals surface area (Å²) in [6.45, 7) is 5.45. The van der Waals surface area contributed by atoms with Crippen molar-refractivity contribution in [2.75, 3.05) is 33.1 Å². The van der Waals surface area contributed by atoms with Gasteiger partial charge in [-0.05, 0) is 110 Å². The number of quaternary nitrogens is 1. The van der Waals surface area contributed by atoms with Crippen LogP contribution in [0.1, 0.15) is 39.1 Å². The molecular formula is C45H41N6O6S+. The molecule has 0 bridgehead atoms. The Hall–Kier alpha value is -6.15. The second kappa shape index (κ2) is 15.0. The summed E-state index contributed by atoms with van der Waals surface area (Å²) in [6, 6.07) is 32.2. The molecule has 2 saturated heterocycles. The normalized spacial score (nSPS) is 23.3. The predicted molar refractivity (Wildman–Crippen MR) is 220 cm³/mol. The Morgan fingerprint density at radius 1 is 0.948 bits per heavy atom. The van der Waals surface area contributed by atoms with Gasteiger partial charge in [0.25, 0.3) is 17.1 Å². The molecule has 5 heterocycles. The van der Waals surface area contributed by atoms with Crippen molar-refractivity contribution in [3.63, 3.8) is 0 Å². The summed E-state index contributed by atoms with van der Waals surface area (Å²) >= 11 is 1.23. The number of rotatable bonds is 11. The Morgan fingerprint density at radius 2 is 1.66 bits per heavy atom. The lowest BCUT2D eigenvalue weighted by Gasteiger charge is -2.40. The monoisotopic (exact) mass is 793 g/mol. The largest absolute Gasteiger partial charge is 0.497 e. The highest BCUT2D eigenvalue weighted by Gasteiger charge is 2.75. The van der Waals surface area contributed by atoms with E-state index in [0.29, 0.717) is 36.3 Å². The maximum absolute atomic E-state index is 13.5. The van der Waals surface area contributed by atoms with Gasteiger partial charge in [0.15, 0.2) is 18.4 Å². The van der Waals surface area contributed by atoms with E-state index in [9.17, 15) is 14.4 Å². The van der Waals surface area contributed by atoms with Crippen LogP contribution in [0.3, 0.4) is 0 Å². The SMILES string of the molecule is C=CC1(C2CCN(C(=O)SC)C(Cc3cc(-c4ccc(Oc5ccccc5)cc4)nc4ccc(OC)cc34)C2)C[N+]12C=C(CON1C(=O)c3ccccc3C1=O)N=N2. The lowest BCUT2D eigenvalue weighted by Crippen LogP contribution is -2.49. The van der Waals surface area contributed by atoms with Gasteiger partial charge in [-0.25, -0.2) is 4.98 Å². The number of likely N-dealkylation sites (tertiary alicyclic amines) is 1. The highest BCUT2D eigenvalue weighted by atomic mass is 32.2. The fourth-order valence-corrected chi connectivity index (χ4v) is 9.20. The first-order chi connectivity index (χ1) is 28.2. The Morgan fingerprint density at radius 3 is 2.36 bits per heavy atom. The molecule has 58 heavy (non-hydrogen) atoms. The van der Waals surface area contributed by atoms with Crippen LogP contribution in [-0.4, -0.2) is 81.2 Å². The van der Waals surface area contributed by atoms with Gasteiger partial charge < -0.3 is 14.4 Å². The molecule has 12 nitrogen and oxygen atoms in total. The van der Waals surface area contributed by atoms with Crippen LogP contribution in [0.4, 0.5) is 4.79 Å². The van der Waals surface area contributed by atoms with Crippen LogP contribution in [0.2, 0.25) is 0 Å². The van der Waals surface area contributed by atoms with E-state index in [0.717, 1.165) is 62.9 Å². The summed E-state index contributed by atoms with van der Waals surface area (Å²) in [4.78, 5) is 52.1. The summed E-state index contributed by atoms with van der Waals surface area (Å²) in [5.74, 6) is 1.36. The Bertz CT molecular complexity index is 2490. The number of hydrogen-bond donors (Lipinski definition) is 0. The molecule has 5 aromatic rings. The lowest BCUT2D eigenvalue weighted by molar-refractivity contribution is -0.782. The quantitative estimate of drug-likeness (QED) is 0.0562. The number of amides is 3. The Labute approximate surface area is 339 Å². The van der Waals surface area contributed by atoms with E-state index in [1.165, 1.54) is 11.8 Å². The van der Waals surface area contributed by atoms with Gasteiger partial charge in [0.1, 0.15) is 23.9 Å². The molecule has 0 radical (unpaired) electrons. The number of para-hydroxylation sites is 1. The number of carbonyl (C=O) groups excluding carboxylic acids is 3. The van der Waals surface area contributed by atoms with Gasteiger partial charge in [-0.1, -0.05) is 53.8 Å². The molecule has 1 aromatic heterocycles. The first-order valence-electron chi connectivity index (χ1n) is 19.2. The molecule has 292 valence electrons. The maximum atomic E-state index is 13.5. The maximum Gasteiger partial charge on any atom is 0.285 e. The molecule has 4 unspecified atom stereocenters. The number of hydroxylamine groups is 2. The average molecular weight is 794 g/mol. The molecule has 1 spiro atoms. The fourth-order valence-electron chi connectivity index (χ4n) is 8.73. The van der Waals surface area contributed by atoms with E-state index in [2.05, 4.69) is 17.8 Å². The zero-order valence-corrected chi connectivity index (χ0v) is 32.9. The van der Waals surface area contributed by atoms with Gasteiger partial charge in [-0.15, -0.1) is 9.66 Å². The number of piperidine rings is 1. The first-order valence-corrected chi connectivity index (χ1v) is 20.4. The Kier molecular flexibility index (Phi) is 9.67. The molecule has 0 N–H and O–H groups in total. The number of imide groups is 1. The summed E-state index contributed by atoms with van der Waals surface area (Å²) in [6.07, 6.45) is 7.85. The number of ether oxygens (including phenoxy) is 2. The minimum absolute atomic E-state index is 0.0364. The second-order valence-corrected chi connectivity index (χ2v) is 15.7. The van der Waals surface area contributed by atoms with E-state index in [1.807, 2.05) is 96.2 Å². The minimum Gasteiger partial charge on any atom is -0.497 e. The average Bonchev–Trinajstić information content (AvgIpc) is 3.60. The summed E-state index contributed by atoms with van der Waals surface area (Å²) in [5, 5.41) is 11.0. The van der Waals surface area contributed by atoms with Crippen LogP contribution in [-0.2, 0) is 11.3 Å². The number of nitrogens with zero attached hydrogens (tertiary/aromatic N) is 6. The standard InChI is InChI=1S/C45H41N6O6S/c1-4-45(28-51(45)26-32(47-48-51)27-56-50-42(52)37-12-8-9-13-38(37)43(50)53)31-20-21-49(44(54)58-3)33(24-31)22-30-23-41(46-40-19-18-36(55-2)25-39(30)40)29-14-16-35(17-15-29)57-34-10-6-5-7-11-34/h4-19,23,25-26,31,33H,1,20-22,24,27-28H2,2-3H3/q+1. The van der Waals surface area contributed by atoms with Crippen LogP contribution < -0.4 is 9.47 Å². The van der Waals surface area contributed by atoms with Gasteiger partial charge in [-0.2, -0.15) is 0 Å². The molecule has 2 fully saturated rings. The van der Waals surface area contributed by atoms with Crippen molar-refractivity contribution in [2.45, 2.75) is 30.8 Å². The number of methoxy groups -OCH3 is 1. The summed E-state index contributed by atoms with van der Waals surface area (Å²) < 4.78 is 11.9. The van der Waals surface area contributed by atoms with Gasteiger partial charge in [0.05, 0.1) is 29.4 Å². The van der Waals surface area contributed by atoms with E-state index in [4.69, 9.17) is 24.5 Å². The number of aromatic nitrogens is 1. The number of thioether (sulfide) groups is 1. The number of hydrogen-bond acceptors (Lipinski definition) is 10. The highest BCUT2D eigenvalue weighted by Crippen LogP contribution is 2.56. The van der Waals surface area contributed by atoms with Crippen molar-refractivity contribution in [1.82, 2.24) is 14.9 Å². The van der Waals surface area contributed by atoms with E-state index in [1.54, 1.807) is 31.4 Å². The van der Waals surface area contributed by atoms with Gasteiger partial charge in [0.2, 0.25) is 5.54 Å². The zero-order chi connectivity index (χ0) is 40.0. The molecular weight excluding hydrogens is 753 g/mol. The van der Waals surface area contributed by atoms with Crippen LogP contribution in [0.15, 0.2) is 138 Å². The summed E-state index contributed by atoms with van der Waals surface area (Å²) in [5.41, 5.74) is 4.38. The summed E-state index contributed by atoms with van der Waals surface area (Å²) in [7, 11) is 1.65. The molecule has 4 aliphatic heterocycles. The molecule has 13 heteroatoms. The van der Waals surface area contributed by atoms with E-state index in [-0.39, 0.29) is 28.4 Å². The third-order valence-electron chi connectivity index (χ3n) is 11.8. The van der Waals surface area contributed by atoms with Crippen molar-refractivity contribution >= 4 is 39.7 Å². The van der Waals surface area contributed by atoms with Gasteiger partial charge >= 0.3 is 0 Å². The van der Waals surface area contributed by atoms with Crippen LogP contribution in [0.25, 0.3) is 22.2 Å². The van der Waals surface area contributed by atoms with Crippen molar-refractivity contribution in [2.24, 2.45) is 16.3 Å². The topological polar surface area (TPSA) is 123 Å². The molecule has 0 aliphatic carbocycles. The molecule has 4 aliphatic rings. The highest BCUT2D eigenvalue weighted by molar-refractivity contribution is 8.12. The second-order valence-electron chi connectivity index (χ2n) is 14.9. The van der Waals surface area contributed by atoms with Crippen LogP contribution >= 0.6 is 11.8 Å². The predicted octanol–water partition coefficient (Wildman–Crippen LogP) is 9.01. The van der Waals surface area contributed by atoms with Crippen molar-refractivity contribution in [1.29, 1.82) is 0 Å². The van der Waals surface area contributed by atoms with Crippen molar-refractivity contribution in [3.05, 3.63) is 144 Å². The third-order valence-corrected chi connectivity index (χ3v) is 12.4. The molecule has 3 amide bonds. The van der Waals surface area contributed by atoms with Crippen molar-refractivity contribution < 1.29 is 33.3 Å². The molecule has 9 rings (SSSR count). The van der Waals surface area contributed by atoms with Crippen LogP contribution in [0.5, 0.6) is 17.2 Å². The number of benzene rings is 4. The third kappa shape index (κ3) is 6.54.